The van der Waals surface area contributed by atoms with Gasteiger partial charge in [0.25, 0.3) is 0 Å². The van der Waals surface area contributed by atoms with Crippen LogP contribution < -0.4 is 24.0 Å². The largest absolute Gasteiger partial charge is 1.00 e. The highest BCUT2D eigenvalue weighted by atomic mass is 127. The van der Waals surface area contributed by atoms with Gasteiger partial charge < -0.3 is 37.9 Å². The molecule has 1 aliphatic rings. The van der Waals surface area contributed by atoms with E-state index >= 15 is 0 Å². The topological polar surface area (TPSA) is 18.5 Å². The van der Waals surface area contributed by atoms with Crippen LogP contribution in [0.15, 0.2) is 60.7 Å². The lowest BCUT2D eigenvalue weighted by Gasteiger charge is -2.27. The van der Waals surface area contributed by atoms with E-state index in [0.717, 1.165) is 11.0 Å². The number of quaternary nitrogens is 1. The molecule has 3 nitrogen and oxygen atoms in total. The van der Waals surface area contributed by atoms with Gasteiger partial charge in [0.2, 0.25) is 0 Å². The minimum atomic E-state index is -0.226. The lowest BCUT2D eigenvalue weighted by molar-refractivity contribution is -0.873. The highest BCUT2D eigenvalue weighted by Crippen LogP contribution is 2.33. The second-order valence-electron chi connectivity index (χ2n) is 7.23. The molecule has 3 rings (SSSR count). The van der Waals surface area contributed by atoms with Gasteiger partial charge in [0.15, 0.2) is 6.29 Å². The van der Waals surface area contributed by atoms with E-state index < -0.39 is 0 Å². The van der Waals surface area contributed by atoms with Crippen molar-refractivity contribution in [3.05, 3.63) is 71.8 Å². The van der Waals surface area contributed by atoms with Crippen LogP contribution in [-0.4, -0.2) is 51.2 Å². The lowest BCUT2D eigenvalue weighted by atomic mass is 9.91. The zero-order valence-corrected chi connectivity index (χ0v) is 16.7. The normalized spacial score (nSPS) is 20.8. The Hall–Kier alpha value is -0.950. The number of ether oxygens (including phenoxy) is 2. The third kappa shape index (κ3) is 5.02. The molecule has 24 heavy (non-hydrogen) atoms. The van der Waals surface area contributed by atoms with Crippen LogP contribution in [0.3, 0.4) is 0 Å². The molecular weight excluding hydrogens is 413 g/mol. The highest BCUT2D eigenvalue weighted by Gasteiger charge is 2.36. The van der Waals surface area contributed by atoms with Crippen LogP contribution in [0, 0.1) is 0 Å². The Morgan fingerprint density at radius 3 is 1.88 bits per heavy atom. The molecule has 0 radical (unpaired) electrons. The fourth-order valence-electron chi connectivity index (χ4n) is 3.18. The first kappa shape index (κ1) is 19.4. The Morgan fingerprint density at radius 2 is 1.42 bits per heavy atom. The Kier molecular flexibility index (Phi) is 6.80. The zero-order valence-electron chi connectivity index (χ0n) is 14.6. The molecule has 2 atom stereocenters. The number of hydrogen-bond donors (Lipinski definition) is 0. The van der Waals surface area contributed by atoms with E-state index in [0.29, 0.717) is 6.61 Å². The van der Waals surface area contributed by atoms with E-state index in [-0.39, 0.29) is 42.3 Å². The average Bonchev–Trinajstić information content (AvgIpc) is 2.96. The van der Waals surface area contributed by atoms with Gasteiger partial charge in [-0.2, -0.15) is 0 Å². The van der Waals surface area contributed by atoms with Crippen molar-refractivity contribution in [2.75, 3.05) is 34.3 Å². The van der Waals surface area contributed by atoms with E-state index in [2.05, 4.69) is 69.7 Å². The quantitative estimate of drug-likeness (QED) is 0.492. The predicted molar refractivity (Wildman–Crippen MR) is 92.2 cm³/mol. The van der Waals surface area contributed by atoms with Crippen molar-refractivity contribution in [1.29, 1.82) is 0 Å². The number of hydrogen-bond acceptors (Lipinski definition) is 2. The molecule has 0 unspecified atom stereocenters. The maximum atomic E-state index is 6.27. The number of benzene rings is 2. The van der Waals surface area contributed by atoms with Gasteiger partial charge >= 0.3 is 0 Å². The monoisotopic (exact) mass is 439 g/mol. The summed E-state index contributed by atoms with van der Waals surface area (Å²) in [5.41, 5.74) is 2.46. The molecule has 130 valence electrons. The second-order valence-corrected chi connectivity index (χ2v) is 7.23. The van der Waals surface area contributed by atoms with E-state index in [1.807, 2.05) is 12.1 Å². The molecule has 0 amide bonds. The van der Waals surface area contributed by atoms with Gasteiger partial charge in [-0.25, -0.2) is 0 Å². The minimum Gasteiger partial charge on any atom is -1.00 e. The summed E-state index contributed by atoms with van der Waals surface area (Å²) in [6, 6.07) is 21.0. The Labute approximate surface area is 162 Å². The van der Waals surface area contributed by atoms with Crippen LogP contribution in [-0.2, 0) is 9.47 Å². The van der Waals surface area contributed by atoms with Crippen LogP contribution in [0.5, 0.6) is 0 Å². The standard InChI is InChI=1S/C20H26NO2.HI/c1-21(2,3)14-18-15-22-20(23-18)19(16-10-6-4-7-11-16)17-12-8-5-9-13-17;/h4-13,18-20H,14-15H2,1-3H3;1H/q+1;/p-1/t18-,20-;/m0./s1. The van der Waals surface area contributed by atoms with Gasteiger partial charge in [0, 0.05) is 0 Å². The van der Waals surface area contributed by atoms with Crippen molar-refractivity contribution in [2.24, 2.45) is 0 Å². The maximum absolute atomic E-state index is 6.27. The third-order valence-electron chi connectivity index (χ3n) is 4.11. The highest BCUT2D eigenvalue weighted by molar-refractivity contribution is 5.33. The summed E-state index contributed by atoms with van der Waals surface area (Å²) >= 11 is 0. The van der Waals surface area contributed by atoms with Crippen molar-refractivity contribution in [3.63, 3.8) is 0 Å². The first-order chi connectivity index (χ1) is 11.0. The molecule has 1 heterocycles. The zero-order chi connectivity index (χ0) is 16.3. The van der Waals surface area contributed by atoms with E-state index in [4.69, 9.17) is 9.47 Å². The van der Waals surface area contributed by atoms with Crippen LogP contribution in [0.25, 0.3) is 0 Å². The van der Waals surface area contributed by atoms with Gasteiger partial charge in [-0.1, -0.05) is 60.7 Å². The molecule has 0 aromatic heterocycles. The Bertz CT molecular complexity index is 573. The summed E-state index contributed by atoms with van der Waals surface area (Å²) in [6.45, 7) is 1.61. The SMILES string of the molecule is C[N+](C)(C)C[C@H]1CO[C@H](C(c2ccccc2)c2ccccc2)O1.[I-]. The smallest absolute Gasteiger partial charge is 0.169 e. The van der Waals surface area contributed by atoms with Gasteiger partial charge in [-0.3, -0.25) is 0 Å². The van der Waals surface area contributed by atoms with E-state index in [1.54, 1.807) is 0 Å². The Balaban J connectivity index is 0.00000208. The summed E-state index contributed by atoms with van der Waals surface area (Å²) in [5, 5.41) is 0. The first-order valence-corrected chi connectivity index (χ1v) is 8.20. The number of nitrogens with zero attached hydrogens (tertiary/aromatic N) is 1. The van der Waals surface area contributed by atoms with Crippen LogP contribution >= 0.6 is 0 Å². The molecule has 0 aliphatic carbocycles. The molecule has 0 N–H and O–H groups in total. The van der Waals surface area contributed by atoms with Crippen molar-refractivity contribution in [1.82, 2.24) is 0 Å². The van der Waals surface area contributed by atoms with Gasteiger partial charge in [0.05, 0.1) is 33.7 Å². The van der Waals surface area contributed by atoms with Crippen molar-refractivity contribution in [2.45, 2.75) is 18.3 Å². The number of halogens is 1. The first-order valence-electron chi connectivity index (χ1n) is 8.20. The number of likely N-dealkylation sites (N-methyl/N-ethyl adjacent to an activating group) is 1. The summed E-state index contributed by atoms with van der Waals surface area (Å²) in [5.74, 6) is 0.106. The fourth-order valence-corrected chi connectivity index (χ4v) is 3.18. The van der Waals surface area contributed by atoms with Crippen LogP contribution in [0.1, 0.15) is 17.0 Å². The fraction of sp³-hybridized carbons (Fsp3) is 0.400. The van der Waals surface area contributed by atoms with E-state index in [9.17, 15) is 0 Å². The average molecular weight is 439 g/mol. The molecule has 0 saturated carbocycles. The van der Waals surface area contributed by atoms with E-state index in [1.165, 1.54) is 11.1 Å². The summed E-state index contributed by atoms with van der Waals surface area (Å²) in [6.07, 6.45) is -0.0775. The molecule has 4 heteroatoms. The lowest BCUT2D eigenvalue weighted by Crippen LogP contribution is -3.00. The van der Waals surface area contributed by atoms with Crippen molar-refractivity contribution >= 4 is 0 Å². The van der Waals surface area contributed by atoms with Gasteiger partial charge in [-0.15, -0.1) is 0 Å². The molecule has 1 aliphatic heterocycles. The molecule has 1 fully saturated rings. The predicted octanol–water partition coefficient (Wildman–Crippen LogP) is 0.270. The molecule has 1 saturated heterocycles. The van der Waals surface area contributed by atoms with Gasteiger partial charge in [-0.05, 0) is 11.1 Å². The van der Waals surface area contributed by atoms with Crippen molar-refractivity contribution < 1.29 is 37.9 Å². The third-order valence-corrected chi connectivity index (χ3v) is 4.11. The summed E-state index contributed by atoms with van der Waals surface area (Å²) in [7, 11) is 6.55. The summed E-state index contributed by atoms with van der Waals surface area (Å²) in [4.78, 5) is 0. The van der Waals surface area contributed by atoms with Crippen LogP contribution in [0.4, 0.5) is 0 Å². The molecule has 2 aromatic carbocycles. The second kappa shape index (κ2) is 8.43. The summed E-state index contributed by atoms with van der Waals surface area (Å²) < 4.78 is 13.2. The van der Waals surface area contributed by atoms with Crippen molar-refractivity contribution in [3.8, 4) is 0 Å². The minimum absolute atomic E-state index is 0. The molecular formula is C20H26INO2. The Morgan fingerprint density at radius 1 is 0.917 bits per heavy atom. The molecule has 2 aromatic rings. The van der Waals surface area contributed by atoms with Crippen LogP contribution in [0.2, 0.25) is 0 Å². The number of rotatable bonds is 5. The maximum Gasteiger partial charge on any atom is 0.169 e. The van der Waals surface area contributed by atoms with Gasteiger partial charge in [0.1, 0.15) is 12.6 Å². The molecule has 0 spiro atoms. The molecule has 0 bridgehead atoms.